The van der Waals surface area contributed by atoms with Crippen LogP contribution in [-0.4, -0.2) is 24.3 Å². The molecule has 2 atom stereocenters. The van der Waals surface area contributed by atoms with Gasteiger partial charge in [-0.2, -0.15) is 0 Å². The van der Waals surface area contributed by atoms with Crippen molar-refractivity contribution >= 4 is 17.6 Å². The number of aliphatic hydroxyl groups excluding tert-OH is 1. The van der Waals surface area contributed by atoms with Crippen LogP contribution in [0, 0.1) is 5.92 Å². The van der Waals surface area contributed by atoms with E-state index in [1.165, 1.54) is 0 Å². The Morgan fingerprint density at radius 3 is 2.67 bits per heavy atom. The van der Waals surface area contributed by atoms with E-state index in [2.05, 4.69) is 0 Å². The van der Waals surface area contributed by atoms with E-state index in [0.717, 1.165) is 5.56 Å². The predicted octanol–water partition coefficient (Wildman–Crippen LogP) is 1.59. The molecular formula is C11H11ClO3. The number of benzene rings is 1. The molecule has 4 heteroatoms. The van der Waals surface area contributed by atoms with E-state index >= 15 is 0 Å². The van der Waals surface area contributed by atoms with Crippen LogP contribution in [0.1, 0.15) is 11.5 Å². The second-order valence-corrected chi connectivity index (χ2v) is 4.01. The number of carbonyl (C=O) groups excluding carboxylic acids is 1. The quantitative estimate of drug-likeness (QED) is 0.779. The Balaban J connectivity index is 2.23. The van der Waals surface area contributed by atoms with Gasteiger partial charge in [0, 0.05) is 10.9 Å². The summed E-state index contributed by atoms with van der Waals surface area (Å²) in [7, 11) is 0. The molecule has 1 aromatic carbocycles. The van der Waals surface area contributed by atoms with Crippen molar-refractivity contribution in [2.24, 2.45) is 5.92 Å². The van der Waals surface area contributed by atoms with Crippen LogP contribution < -0.4 is 0 Å². The van der Waals surface area contributed by atoms with Gasteiger partial charge < -0.3 is 9.84 Å². The van der Waals surface area contributed by atoms with Crippen molar-refractivity contribution < 1.29 is 14.6 Å². The smallest absolute Gasteiger partial charge is 0.312 e. The van der Waals surface area contributed by atoms with E-state index in [1.807, 2.05) is 12.1 Å². The molecule has 1 heterocycles. The topological polar surface area (TPSA) is 46.5 Å². The van der Waals surface area contributed by atoms with Crippen LogP contribution in [0.2, 0.25) is 5.02 Å². The summed E-state index contributed by atoms with van der Waals surface area (Å²) in [4.78, 5) is 11.2. The fraction of sp³-hybridized carbons (Fsp3) is 0.364. The van der Waals surface area contributed by atoms with Crippen LogP contribution in [0.25, 0.3) is 0 Å². The monoisotopic (exact) mass is 226 g/mol. The largest absolute Gasteiger partial charge is 0.465 e. The normalized spacial score (nSPS) is 25.3. The molecular weight excluding hydrogens is 216 g/mol. The first-order valence-corrected chi connectivity index (χ1v) is 5.13. The lowest BCUT2D eigenvalue weighted by Gasteiger charge is -2.12. The summed E-state index contributed by atoms with van der Waals surface area (Å²) >= 11 is 5.77. The third-order valence-corrected chi connectivity index (χ3v) is 2.94. The fourth-order valence-electron chi connectivity index (χ4n) is 1.80. The van der Waals surface area contributed by atoms with Gasteiger partial charge in [0.15, 0.2) is 0 Å². The number of cyclic esters (lactones) is 1. The minimum absolute atomic E-state index is 0.0558. The van der Waals surface area contributed by atoms with Gasteiger partial charge in [0.25, 0.3) is 0 Å². The molecule has 0 spiro atoms. The lowest BCUT2D eigenvalue weighted by molar-refractivity contribution is -0.142. The Kier molecular flexibility index (Phi) is 2.93. The predicted molar refractivity (Wildman–Crippen MR) is 55.7 cm³/mol. The SMILES string of the molecule is O=C1OCC(c2ccc(Cl)cc2)C1CO. The van der Waals surface area contributed by atoms with Gasteiger partial charge in [-0.3, -0.25) is 4.79 Å². The first kappa shape index (κ1) is 10.5. The maximum atomic E-state index is 11.2. The molecule has 0 aromatic heterocycles. The third kappa shape index (κ3) is 1.98. The molecule has 80 valence electrons. The van der Waals surface area contributed by atoms with E-state index in [4.69, 9.17) is 21.4 Å². The highest BCUT2D eigenvalue weighted by Gasteiger charge is 2.37. The summed E-state index contributed by atoms with van der Waals surface area (Å²) in [6.07, 6.45) is 0. The number of carbonyl (C=O) groups is 1. The van der Waals surface area contributed by atoms with E-state index in [-0.39, 0.29) is 18.5 Å². The molecule has 1 saturated heterocycles. The van der Waals surface area contributed by atoms with Crippen LogP contribution in [0.15, 0.2) is 24.3 Å². The molecule has 1 aromatic rings. The Labute approximate surface area is 92.6 Å². The second kappa shape index (κ2) is 4.21. The molecule has 0 saturated carbocycles. The molecule has 1 aliphatic rings. The highest BCUT2D eigenvalue weighted by Crippen LogP contribution is 2.31. The number of aliphatic hydroxyl groups is 1. The van der Waals surface area contributed by atoms with Crippen molar-refractivity contribution in [1.82, 2.24) is 0 Å². The summed E-state index contributed by atoms with van der Waals surface area (Å²) in [5.41, 5.74) is 0.976. The van der Waals surface area contributed by atoms with Crippen LogP contribution in [0.3, 0.4) is 0 Å². The van der Waals surface area contributed by atoms with Gasteiger partial charge in [0.2, 0.25) is 0 Å². The Morgan fingerprint density at radius 1 is 1.40 bits per heavy atom. The molecule has 3 nitrogen and oxygen atoms in total. The van der Waals surface area contributed by atoms with E-state index in [0.29, 0.717) is 11.6 Å². The standard InChI is InChI=1S/C11H11ClO3/c12-8-3-1-7(2-4-8)10-6-15-11(14)9(10)5-13/h1-4,9-10,13H,5-6H2. The van der Waals surface area contributed by atoms with Crippen molar-refractivity contribution in [2.45, 2.75) is 5.92 Å². The Hall–Kier alpha value is -1.06. The van der Waals surface area contributed by atoms with Crippen LogP contribution in [0.5, 0.6) is 0 Å². The first-order chi connectivity index (χ1) is 7.22. The van der Waals surface area contributed by atoms with Crippen LogP contribution in [-0.2, 0) is 9.53 Å². The number of rotatable bonds is 2. The maximum absolute atomic E-state index is 11.2. The zero-order chi connectivity index (χ0) is 10.8. The minimum Gasteiger partial charge on any atom is -0.465 e. The number of ether oxygens (including phenoxy) is 1. The molecule has 15 heavy (non-hydrogen) atoms. The minimum atomic E-state index is -0.439. The maximum Gasteiger partial charge on any atom is 0.312 e. The highest BCUT2D eigenvalue weighted by molar-refractivity contribution is 6.30. The molecule has 0 bridgehead atoms. The summed E-state index contributed by atoms with van der Waals surface area (Å²) < 4.78 is 4.92. The molecule has 0 radical (unpaired) electrons. The van der Waals surface area contributed by atoms with Gasteiger partial charge in [0.1, 0.15) is 0 Å². The first-order valence-electron chi connectivity index (χ1n) is 4.75. The molecule has 1 aliphatic heterocycles. The molecule has 0 aliphatic carbocycles. The number of hydrogen-bond acceptors (Lipinski definition) is 3. The van der Waals surface area contributed by atoms with Crippen LogP contribution >= 0.6 is 11.6 Å². The van der Waals surface area contributed by atoms with Gasteiger partial charge >= 0.3 is 5.97 Å². The summed E-state index contributed by atoms with van der Waals surface area (Å²) in [5, 5.41) is 9.75. The van der Waals surface area contributed by atoms with Crippen molar-refractivity contribution in [3.63, 3.8) is 0 Å². The Bertz CT molecular complexity index is 361. The summed E-state index contributed by atoms with van der Waals surface area (Å²) in [6.45, 7) is 0.165. The average molecular weight is 227 g/mol. The number of hydrogen-bond donors (Lipinski definition) is 1. The molecule has 2 unspecified atom stereocenters. The Morgan fingerprint density at radius 2 is 2.07 bits per heavy atom. The lowest BCUT2D eigenvalue weighted by atomic mass is 9.89. The van der Waals surface area contributed by atoms with Gasteiger partial charge in [0.05, 0.1) is 19.1 Å². The summed E-state index contributed by atoms with van der Waals surface area (Å²) in [5.74, 6) is -0.816. The number of esters is 1. The molecule has 2 rings (SSSR count). The van der Waals surface area contributed by atoms with Crippen molar-refractivity contribution in [2.75, 3.05) is 13.2 Å². The van der Waals surface area contributed by atoms with E-state index < -0.39 is 5.92 Å². The average Bonchev–Trinajstić information content (AvgIpc) is 2.61. The van der Waals surface area contributed by atoms with Gasteiger partial charge in [-0.1, -0.05) is 23.7 Å². The third-order valence-electron chi connectivity index (χ3n) is 2.69. The van der Waals surface area contributed by atoms with Gasteiger partial charge in [-0.25, -0.2) is 0 Å². The molecule has 1 N–H and O–H groups in total. The van der Waals surface area contributed by atoms with Crippen molar-refractivity contribution in [1.29, 1.82) is 0 Å². The molecule has 1 fully saturated rings. The van der Waals surface area contributed by atoms with Crippen LogP contribution in [0.4, 0.5) is 0 Å². The van der Waals surface area contributed by atoms with E-state index in [1.54, 1.807) is 12.1 Å². The highest BCUT2D eigenvalue weighted by atomic mass is 35.5. The van der Waals surface area contributed by atoms with Gasteiger partial charge in [-0.05, 0) is 17.7 Å². The summed E-state index contributed by atoms with van der Waals surface area (Å²) in [6, 6.07) is 7.26. The van der Waals surface area contributed by atoms with E-state index in [9.17, 15) is 4.79 Å². The zero-order valence-corrected chi connectivity index (χ0v) is 8.78. The fourth-order valence-corrected chi connectivity index (χ4v) is 1.93. The number of halogens is 1. The molecule has 0 amide bonds. The lowest BCUT2D eigenvalue weighted by Crippen LogP contribution is -2.18. The second-order valence-electron chi connectivity index (χ2n) is 3.58. The van der Waals surface area contributed by atoms with Gasteiger partial charge in [-0.15, -0.1) is 0 Å². The zero-order valence-electron chi connectivity index (χ0n) is 8.02. The van der Waals surface area contributed by atoms with Crippen molar-refractivity contribution in [3.8, 4) is 0 Å². The van der Waals surface area contributed by atoms with Crippen molar-refractivity contribution in [3.05, 3.63) is 34.9 Å².